The highest BCUT2D eigenvalue weighted by Crippen LogP contribution is 2.09. The lowest BCUT2D eigenvalue weighted by Crippen LogP contribution is -1.86. The highest BCUT2D eigenvalue weighted by molar-refractivity contribution is 14.1. The highest BCUT2D eigenvalue weighted by atomic mass is 127. The summed E-state index contributed by atoms with van der Waals surface area (Å²) < 4.78 is 0.552. The van der Waals surface area contributed by atoms with E-state index in [2.05, 4.69) is 53.5 Å². The predicted molar refractivity (Wildman–Crippen MR) is 44.2 cm³/mol. The summed E-state index contributed by atoms with van der Waals surface area (Å²) in [6.45, 7) is 2.05. The van der Waals surface area contributed by atoms with Crippen molar-refractivity contribution in [3.63, 3.8) is 0 Å². The van der Waals surface area contributed by atoms with E-state index in [4.69, 9.17) is 0 Å². The van der Waals surface area contributed by atoms with Crippen molar-refractivity contribution in [2.75, 3.05) is 0 Å². The van der Waals surface area contributed by atoms with E-state index in [1.54, 1.807) is 0 Å². The normalized spacial score (nSPS) is 25.8. The molecule has 0 radical (unpaired) electrons. The lowest BCUT2D eigenvalue weighted by molar-refractivity contribution is 1.39. The van der Waals surface area contributed by atoms with Gasteiger partial charge in [0, 0.05) is 0 Å². The molecule has 0 saturated carbocycles. The topological polar surface area (TPSA) is 0 Å². The molecule has 0 fully saturated rings. The first-order valence-corrected chi connectivity index (χ1v) is 3.79. The monoisotopic (exact) mass is 218 g/mol. The average molecular weight is 218 g/mol. The smallest absolute Gasteiger partial charge is 0.0547 e. The van der Waals surface area contributed by atoms with Crippen molar-refractivity contribution < 1.29 is 0 Å². The van der Waals surface area contributed by atoms with Gasteiger partial charge in [-0.2, -0.15) is 0 Å². The van der Waals surface area contributed by atoms with Crippen LogP contribution in [0.3, 0.4) is 0 Å². The summed E-state index contributed by atoms with van der Waals surface area (Å²) in [6, 6.07) is 0. The van der Waals surface area contributed by atoms with Crippen molar-refractivity contribution in [2.45, 2.75) is 10.8 Å². The van der Waals surface area contributed by atoms with Gasteiger partial charge >= 0.3 is 0 Å². The van der Waals surface area contributed by atoms with Gasteiger partial charge in [-0.15, -0.1) is 5.73 Å². The fourth-order valence-corrected chi connectivity index (χ4v) is 0.938. The van der Waals surface area contributed by atoms with Gasteiger partial charge in [0.2, 0.25) is 0 Å². The maximum Gasteiger partial charge on any atom is 0.0547 e. The van der Waals surface area contributed by atoms with E-state index in [0.717, 1.165) is 0 Å². The quantitative estimate of drug-likeness (QED) is 0.333. The van der Waals surface area contributed by atoms with E-state index in [1.807, 2.05) is 0 Å². The van der Waals surface area contributed by atoms with Crippen LogP contribution in [-0.4, -0.2) is 3.92 Å². The van der Waals surface area contributed by atoms with Crippen LogP contribution in [-0.2, 0) is 0 Å². The van der Waals surface area contributed by atoms with Crippen LogP contribution in [0.25, 0.3) is 0 Å². The Morgan fingerprint density at radius 3 is 2.88 bits per heavy atom. The second kappa shape index (κ2) is 2.51. The highest BCUT2D eigenvalue weighted by Gasteiger charge is 1.93. The SMILES string of the molecule is CC1=C=CC(I)C=C1. The number of halogens is 1. The molecule has 1 unspecified atom stereocenters. The molecule has 1 heteroatoms. The van der Waals surface area contributed by atoms with Crippen molar-refractivity contribution in [3.8, 4) is 0 Å². The van der Waals surface area contributed by atoms with Gasteiger partial charge in [-0.3, -0.25) is 0 Å². The first-order chi connectivity index (χ1) is 3.79. The van der Waals surface area contributed by atoms with Crippen molar-refractivity contribution in [1.82, 2.24) is 0 Å². The largest absolute Gasteiger partial charge is 0.121 e. The minimum atomic E-state index is 0.552. The van der Waals surface area contributed by atoms with Gasteiger partial charge in [0.15, 0.2) is 0 Å². The molecule has 0 aromatic heterocycles. The van der Waals surface area contributed by atoms with Gasteiger partial charge < -0.3 is 0 Å². The Kier molecular flexibility index (Phi) is 1.92. The molecule has 0 aliphatic heterocycles. The summed E-state index contributed by atoms with van der Waals surface area (Å²) in [5.74, 6) is 0. The maximum absolute atomic E-state index is 3.13. The number of hydrogen-bond acceptors (Lipinski definition) is 0. The molecule has 1 rings (SSSR count). The molecule has 0 saturated heterocycles. The minimum absolute atomic E-state index is 0.552. The number of allylic oxidation sites excluding steroid dienone is 3. The Morgan fingerprint density at radius 2 is 2.50 bits per heavy atom. The van der Waals surface area contributed by atoms with E-state index in [0.29, 0.717) is 3.92 Å². The summed E-state index contributed by atoms with van der Waals surface area (Å²) >= 11 is 2.35. The van der Waals surface area contributed by atoms with Crippen molar-refractivity contribution >= 4 is 22.6 Å². The zero-order chi connectivity index (χ0) is 5.98. The van der Waals surface area contributed by atoms with Gasteiger partial charge in [-0.05, 0) is 18.6 Å². The third-order valence-corrected chi connectivity index (χ3v) is 1.78. The summed E-state index contributed by atoms with van der Waals surface area (Å²) in [7, 11) is 0. The first kappa shape index (κ1) is 6.12. The fourth-order valence-electron chi connectivity index (χ4n) is 0.551. The minimum Gasteiger partial charge on any atom is -0.121 e. The van der Waals surface area contributed by atoms with Gasteiger partial charge in [0.1, 0.15) is 0 Å². The number of alkyl halides is 1. The molecule has 0 aromatic carbocycles. The zero-order valence-electron chi connectivity index (χ0n) is 4.69. The lowest BCUT2D eigenvalue weighted by atomic mass is 10.2. The summed E-state index contributed by atoms with van der Waals surface area (Å²) in [4.78, 5) is 0. The Bertz CT molecular complexity index is 171. The van der Waals surface area contributed by atoms with Crippen LogP contribution in [0.4, 0.5) is 0 Å². The van der Waals surface area contributed by atoms with E-state index >= 15 is 0 Å². The molecule has 42 valence electrons. The molecule has 0 amide bonds. The van der Waals surface area contributed by atoms with E-state index in [-0.39, 0.29) is 0 Å². The van der Waals surface area contributed by atoms with Crippen LogP contribution in [0.1, 0.15) is 6.92 Å². The molecule has 1 atom stereocenters. The third-order valence-electron chi connectivity index (χ3n) is 1.00. The van der Waals surface area contributed by atoms with Gasteiger partial charge in [0.05, 0.1) is 3.92 Å². The standard InChI is InChI=1S/C7H7I/c1-6-2-4-7(8)5-3-6/h2,4-5,7H,1H3. The molecule has 0 heterocycles. The molecular weight excluding hydrogens is 211 g/mol. The molecule has 0 aromatic rings. The molecule has 1 aliphatic carbocycles. The molecule has 0 N–H and O–H groups in total. The van der Waals surface area contributed by atoms with Crippen LogP contribution in [0.2, 0.25) is 0 Å². The Balaban J connectivity index is 2.86. The molecule has 0 nitrogen and oxygen atoms in total. The van der Waals surface area contributed by atoms with Gasteiger partial charge in [-0.1, -0.05) is 34.7 Å². The predicted octanol–water partition coefficient (Wildman–Crippen LogP) is 2.46. The van der Waals surface area contributed by atoms with Crippen LogP contribution < -0.4 is 0 Å². The lowest BCUT2D eigenvalue weighted by Gasteiger charge is -1.97. The second-order valence-corrected chi connectivity index (χ2v) is 3.24. The van der Waals surface area contributed by atoms with Crippen LogP contribution in [0.5, 0.6) is 0 Å². The summed E-state index contributed by atoms with van der Waals surface area (Å²) in [5, 5.41) is 0. The van der Waals surface area contributed by atoms with Gasteiger partial charge in [0.25, 0.3) is 0 Å². The summed E-state index contributed by atoms with van der Waals surface area (Å²) in [6.07, 6.45) is 6.32. The molecule has 8 heavy (non-hydrogen) atoms. The van der Waals surface area contributed by atoms with Crippen LogP contribution in [0.15, 0.2) is 29.5 Å². The summed E-state index contributed by atoms with van der Waals surface area (Å²) in [5.41, 5.74) is 4.35. The van der Waals surface area contributed by atoms with Gasteiger partial charge in [-0.25, -0.2) is 0 Å². The van der Waals surface area contributed by atoms with E-state index in [9.17, 15) is 0 Å². The number of rotatable bonds is 0. The van der Waals surface area contributed by atoms with Crippen molar-refractivity contribution in [3.05, 3.63) is 29.5 Å². The molecule has 0 bridgehead atoms. The number of hydrogen-bond donors (Lipinski definition) is 0. The van der Waals surface area contributed by atoms with Crippen molar-refractivity contribution in [2.24, 2.45) is 0 Å². The van der Waals surface area contributed by atoms with Crippen molar-refractivity contribution in [1.29, 1.82) is 0 Å². The maximum atomic E-state index is 3.13. The Morgan fingerprint density at radius 1 is 1.75 bits per heavy atom. The fraction of sp³-hybridized carbons (Fsp3) is 0.286. The average Bonchev–Trinajstić information content (AvgIpc) is 1.77. The molecular formula is C7H7I. The molecule has 0 spiro atoms. The van der Waals surface area contributed by atoms with E-state index in [1.165, 1.54) is 5.57 Å². The van der Waals surface area contributed by atoms with Crippen LogP contribution in [0, 0.1) is 0 Å². The zero-order valence-corrected chi connectivity index (χ0v) is 6.84. The second-order valence-electron chi connectivity index (χ2n) is 1.80. The Hall–Kier alpha value is -0.0100. The first-order valence-electron chi connectivity index (χ1n) is 2.55. The molecule has 1 aliphatic rings. The van der Waals surface area contributed by atoms with Crippen LogP contribution >= 0.6 is 22.6 Å². The third kappa shape index (κ3) is 1.49. The van der Waals surface area contributed by atoms with E-state index < -0.39 is 0 Å². The Labute approximate surface area is 63.1 Å².